The lowest BCUT2D eigenvalue weighted by Gasteiger charge is -2.19. The van der Waals surface area contributed by atoms with E-state index in [0.717, 1.165) is 0 Å². The molecule has 0 radical (unpaired) electrons. The van der Waals surface area contributed by atoms with Crippen LogP contribution in [-0.4, -0.2) is 36.7 Å². The van der Waals surface area contributed by atoms with Crippen molar-refractivity contribution in [3.8, 4) is 0 Å². The zero-order valence-electron chi connectivity index (χ0n) is 11.5. The van der Waals surface area contributed by atoms with Gasteiger partial charge in [-0.25, -0.2) is 0 Å². The quantitative estimate of drug-likeness (QED) is 0.546. The molecule has 0 aromatic heterocycles. The smallest absolute Gasteiger partial charge is 0.237 e. The summed E-state index contributed by atoms with van der Waals surface area (Å²) in [5.41, 5.74) is 5.75. The van der Waals surface area contributed by atoms with Gasteiger partial charge in [-0.3, -0.25) is 9.59 Å². The Kier molecular flexibility index (Phi) is 5.95. The Bertz CT molecular complexity index is 344. The summed E-state index contributed by atoms with van der Waals surface area (Å²) in [6.45, 7) is 4.59. The van der Waals surface area contributed by atoms with Crippen LogP contribution in [0, 0.1) is 11.8 Å². The number of rotatable bonds is 7. The molecule has 1 fully saturated rings. The fourth-order valence-electron chi connectivity index (χ4n) is 2.23. The molecular formula is C13H23N3O3. The molecule has 1 rings (SSSR count). The van der Waals surface area contributed by atoms with Crippen LogP contribution in [0.25, 0.3) is 0 Å². The first-order valence-corrected chi connectivity index (χ1v) is 6.73. The van der Waals surface area contributed by atoms with E-state index < -0.39 is 12.1 Å². The van der Waals surface area contributed by atoms with Gasteiger partial charge in [-0.05, 0) is 25.2 Å². The van der Waals surface area contributed by atoms with Crippen LogP contribution >= 0.6 is 0 Å². The highest BCUT2D eigenvalue weighted by Gasteiger charge is 2.28. The highest BCUT2D eigenvalue weighted by atomic mass is 16.2. The number of carbonyl (C=O) groups is 3. The molecule has 1 saturated heterocycles. The summed E-state index contributed by atoms with van der Waals surface area (Å²) in [5, 5.41) is 5.32. The number of amides is 2. The normalized spacial score (nSPS) is 21.9. The van der Waals surface area contributed by atoms with Crippen LogP contribution in [0.5, 0.6) is 0 Å². The second-order valence-electron chi connectivity index (χ2n) is 5.50. The zero-order valence-corrected chi connectivity index (χ0v) is 11.5. The summed E-state index contributed by atoms with van der Waals surface area (Å²) in [5.74, 6) is -0.260. The van der Waals surface area contributed by atoms with Gasteiger partial charge in [0.1, 0.15) is 6.29 Å². The highest BCUT2D eigenvalue weighted by Crippen LogP contribution is 2.15. The molecular weight excluding hydrogens is 246 g/mol. The van der Waals surface area contributed by atoms with E-state index in [4.69, 9.17) is 5.73 Å². The maximum absolute atomic E-state index is 11.8. The van der Waals surface area contributed by atoms with Gasteiger partial charge >= 0.3 is 0 Å². The van der Waals surface area contributed by atoms with Crippen LogP contribution in [0.15, 0.2) is 0 Å². The van der Waals surface area contributed by atoms with E-state index in [1.54, 1.807) is 0 Å². The molecule has 3 unspecified atom stereocenters. The van der Waals surface area contributed by atoms with Gasteiger partial charge < -0.3 is 21.2 Å². The average molecular weight is 269 g/mol. The Labute approximate surface area is 113 Å². The van der Waals surface area contributed by atoms with Gasteiger partial charge in [0.05, 0.1) is 12.1 Å². The Morgan fingerprint density at radius 2 is 2.26 bits per heavy atom. The van der Waals surface area contributed by atoms with Gasteiger partial charge in [0, 0.05) is 12.5 Å². The van der Waals surface area contributed by atoms with Gasteiger partial charge in [-0.15, -0.1) is 0 Å². The molecule has 1 heterocycles. The molecule has 0 aromatic carbocycles. The Morgan fingerprint density at radius 1 is 1.58 bits per heavy atom. The van der Waals surface area contributed by atoms with Crippen molar-refractivity contribution >= 4 is 18.1 Å². The van der Waals surface area contributed by atoms with Gasteiger partial charge in [-0.2, -0.15) is 0 Å². The summed E-state index contributed by atoms with van der Waals surface area (Å²) >= 11 is 0. The minimum absolute atomic E-state index is 0.0485. The lowest BCUT2D eigenvalue weighted by Crippen LogP contribution is -2.47. The van der Waals surface area contributed by atoms with E-state index in [-0.39, 0.29) is 17.7 Å². The molecule has 0 aromatic rings. The van der Waals surface area contributed by atoms with Crippen LogP contribution < -0.4 is 16.4 Å². The van der Waals surface area contributed by atoms with Crippen molar-refractivity contribution in [2.75, 3.05) is 6.54 Å². The second kappa shape index (κ2) is 7.23. The maximum Gasteiger partial charge on any atom is 0.237 e. The summed E-state index contributed by atoms with van der Waals surface area (Å²) in [7, 11) is 0. The molecule has 0 spiro atoms. The molecule has 0 aliphatic carbocycles. The molecule has 19 heavy (non-hydrogen) atoms. The van der Waals surface area contributed by atoms with E-state index in [1.165, 1.54) is 0 Å². The summed E-state index contributed by atoms with van der Waals surface area (Å²) in [6.07, 6.45) is 2.29. The van der Waals surface area contributed by atoms with Crippen molar-refractivity contribution in [1.82, 2.24) is 10.6 Å². The number of hydrogen-bond acceptors (Lipinski definition) is 4. The monoisotopic (exact) mass is 269 g/mol. The Morgan fingerprint density at radius 3 is 2.74 bits per heavy atom. The van der Waals surface area contributed by atoms with Crippen molar-refractivity contribution in [1.29, 1.82) is 0 Å². The van der Waals surface area contributed by atoms with Gasteiger partial charge in [0.2, 0.25) is 11.8 Å². The molecule has 4 N–H and O–H groups in total. The van der Waals surface area contributed by atoms with Crippen molar-refractivity contribution in [3.05, 3.63) is 0 Å². The standard InChI is InChI=1S/C13H23N3O3/c1-8(2)5-11(14)13(19)16-10(7-17)6-9-3-4-15-12(9)18/h7-11H,3-6,14H2,1-2H3,(H,15,18)(H,16,19). The topological polar surface area (TPSA) is 101 Å². The minimum atomic E-state index is -0.639. The van der Waals surface area contributed by atoms with Crippen LogP contribution in [-0.2, 0) is 14.4 Å². The molecule has 2 amide bonds. The van der Waals surface area contributed by atoms with E-state index in [9.17, 15) is 14.4 Å². The molecule has 6 nitrogen and oxygen atoms in total. The van der Waals surface area contributed by atoms with Crippen LogP contribution in [0.2, 0.25) is 0 Å². The average Bonchev–Trinajstić information content (AvgIpc) is 2.73. The van der Waals surface area contributed by atoms with Crippen molar-refractivity contribution < 1.29 is 14.4 Å². The first kappa shape index (κ1) is 15.6. The van der Waals surface area contributed by atoms with Gasteiger partial charge in [-0.1, -0.05) is 13.8 Å². The summed E-state index contributed by atoms with van der Waals surface area (Å²) in [6, 6.07) is -1.25. The van der Waals surface area contributed by atoms with E-state index in [1.807, 2.05) is 13.8 Å². The molecule has 0 bridgehead atoms. The van der Waals surface area contributed by atoms with Crippen LogP contribution in [0.4, 0.5) is 0 Å². The molecule has 0 saturated carbocycles. The minimum Gasteiger partial charge on any atom is -0.356 e. The number of nitrogens with one attached hydrogen (secondary N) is 2. The third kappa shape index (κ3) is 4.98. The first-order chi connectivity index (χ1) is 8.93. The Hall–Kier alpha value is -1.43. The van der Waals surface area contributed by atoms with E-state index in [2.05, 4.69) is 10.6 Å². The van der Waals surface area contributed by atoms with Crippen molar-refractivity contribution in [2.24, 2.45) is 17.6 Å². The van der Waals surface area contributed by atoms with Crippen molar-refractivity contribution in [2.45, 2.75) is 45.2 Å². The van der Waals surface area contributed by atoms with Gasteiger partial charge in [0.15, 0.2) is 0 Å². The lowest BCUT2D eigenvalue weighted by molar-refractivity contribution is -0.127. The highest BCUT2D eigenvalue weighted by molar-refractivity contribution is 5.85. The summed E-state index contributed by atoms with van der Waals surface area (Å²) in [4.78, 5) is 34.2. The molecule has 3 atom stereocenters. The Balaban J connectivity index is 2.45. The predicted octanol–water partition coefficient (Wildman–Crippen LogP) is -0.430. The SMILES string of the molecule is CC(C)CC(N)C(=O)NC(C=O)CC1CCNC1=O. The fourth-order valence-corrected chi connectivity index (χ4v) is 2.23. The summed E-state index contributed by atoms with van der Waals surface area (Å²) < 4.78 is 0. The molecule has 1 aliphatic rings. The molecule has 108 valence electrons. The molecule has 1 aliphatic heterocycles. The fraction of sp³-hybridized carbons (Fsp3) is 0.769. The number of aldehydes is 1. The van der Waals surface area contributed by atoms with E-state index in [0.29, 0.717) is 38.0 Å². The van der Waals surface area contributed by atoms with Gasteiger partial charge in [0.25, 0.3) is 0 Å². The van der Waals surface area contributed by atoms with Crippen molar-refractivity contribution in [3.63, 3.8) is 0 Å². The largest absolute Gasteiger partial charge is 0.356 e. The predicted molar refractivity (Wildman–Crippen MR) is 71.2 cm³/mol. The lowest BCUT2D eigenvalue weighted by atomic mass is 9.98. The number of carbonyl (C=O) groups excluding carboxylic acids is 3. The second-order valence-corrected chi connectivity index (χ2v) is 5.50. The number of hydrogen-bond donors (Lipinski definition) is 3. The van der Waals surface area contributed by atoms with E-state index >= 15 is 0 Å². The first-order valence-electron chi connectivity index (χ1n) is 6.73. The molecule has 6 heteroatoms. The maximum atomic E-state index is 11.8. The van der Waals surface area contributed by atoms with Crippen LogP contribution in [0.3, 0.4) is 0 Å². The zero-order chi connectivity index (χ0) is 14.4. The number of nitrogens with two attached hydrogens (primary N) is 1. The third-order valence-corrected chi connectivity index (χ3v) is 3.26. The van der Waals surface area contributed by atoms with Crippen LogP contribution in [0.1, 0.15) is 33.1 Å². The third-order valence-electron chi connectivity index (χ3n) is 3.26.